The van der Waals surface area contributed by atoms with Gasteiger partial charge in [0.15, 0.2) is 0 Å². The first-order valence-corrected chi connectivity index (χ1v) is 8.28. The van der Waals surface area contributed by atoms with Gasteiger partial charge in [0.05, 0.1) is 6.10 Å². The lowest BCUT2D eigenvalue weighted by atomic mass is 9.91. The number of anilines is 1. The monoisotopic (exact) mass is 273 g/mol. The van der Waals surface area contributed by atoms with E-state index in [2.05, 4.69) is 36.1 Å². The minimum absolute atomic E-state index is 0.0983. The van der Waals surface area contributed by atoms with Crippen molar-refractivity contribution in [2.75, 3.05) is 11.4 Å². The molecule has 110 valence electrons. The van der Waals surface area contributed by atoms with Crippen LogP contribution < -0.4 is 4.90 Å². The summed E-state index contributed by atoms with van der Waals surface area (Å²) >= 11 is 0. The van der Waals surface area contributed by atoms with Crippen LogP contribution in [0.3, 0.4) is 0 Å². The first kappa shape index (κ1) is 13.9. The number of aliphatic hydroxyl groups excluding tert-OH is 1. The molecule has 2 aliphatic rings. The van der Waals surface area contributed by atoms with Crippen molar-refractivity contribution in [3.63, 3.8) is 0 Å². The molecule has 1 fully saturated rings. The van der Waals surface area contributed by atoms with Gasteiger partial charge in [-0.1, -0.05) is 37.5 Å². The molecular weight excluding hydrogens is 246 g/mol. The van der Waals surface area contributed by atoms with Gasteiger partial charge in [0.1, 0.15) is 0 Å². The van der Waals surface area contributed by atoms with Gasteiger partial charge in [0, 0.05) is 24.2 Å². The van der Waals surface area contributed by atoms with E-state index in [-0.39, 0.29) is 6.10 Å². The molecule has 0 saturated heterocycles. The van der Waals surface area contributed by atoms with E-state index >= 15 is 0 Å². The van der Waals surface area contributed by atoms with Gasteiger partial charge in [-0.05, 0) is 44.2 Å². The normalized spacial score (nSPS) is 30.7. The Bertz CT molecular complexity index is 445. The molecule has 1 heterocycles. The summed E-state index contributed by atoms with van der Waals surface area (Å²) in [5.41, 5.74) is 2.89. The molecule has 1 aliphatic heterocycles. The average Bonchev–Trinajstić information content (AvgIpc) is 2.67. The number of rotatable bonds is 2. The van der Waals surface area contributed by atoms with Crippen LogP contribution in [0.1, 0.15) is 51.0 Å². The van der Waals surface area contributed by atoms with Gasteiger partial charge in [0.25, 0.3) is 0 Å². The van der Waals surface area contributed by atoms with Crippen LogP contribution >= 0.6 is 0 Å². The van der Waals surface area contributed by atoms with E-state index in [9.17, 15) is 5.11 Å². The molecule has 3 unspecified atom stereocenters. The molecule has 0 bridgehead atoms. The van der Waals surface area contributed by atoms with Crippen LogP contribution in [0.2, 0.25) is 0 Å². The SMILES string of the molecule is CC1CCc2ccccc2N1CC1CCCCCC1O. The second kappa shape index (κ2) is 6.17. The maximum atomic E-state index is 10.4. The molecule has 3 rings (SSSR count). The minimum Gasteiger partial charge on any atom is -0.393 e. The first-order valence-electron chi connectivity index (χ1n) is 8.28. The topological polar surface area (TPSA) is 23.5 Å². The van der Waals surface area contributed by atoms with E-state index in [1.54, 1.807) is 0 Å². The Hall–Kier alpha value is -1.02. The van der Waals surface area contributed by atoms with Crippen LogP contribution in [0.15, 0.2) is 24.3 Å². The van der Waals surface area contributed by atoms with Crippen LogP contribution in [-0.4, -0.2) is 23.8 Å². The Balaban J connectivity index is 1.78. The maximum Gasteiger partial charge on any atom is 0.0585 e. The molecule has 2 heteroatoms. The van der Waals surface area contributed by atoms with Crippen molar-refractivity contribution < 1.29 is 5.11 Å². The van der Waals surface area contributed by atoms with Crippen molar-refractivity contribution in [3.8, 4) is 0 Å². The van der Waals surface area contributed by atoms with Crippen LogP contribution in [0.5, 0.6) is 0 Å². The number of nitrogens with zero attached hydrogens (tertiary/aromatic N) is 1. The van der Waals surface area contributed by atoms with Crippen molar-refractivity contribution in [3.05, 3.63) is 29.8 Å². The van der Waals surface area contributed by atoms with Crippen LogP contribution in [0.25, 0.3) is 0 Å². The third kappa shape index (κ3) is 2.85. The second-order valence-corrected chi connectivity index (χ2v) is 6.63. The standard InChI is InChI=1S/C18H27NO/c1-14-11-12-15-7-5-6-9-17(15)19(14)13-16-8-3-2-4-10-18(16)20/h5-7,9,14,16,18,20H,2-4,8,10-13H2,1H3. The van der Waals surface area contributed by atoms with Gasteiger partial charge in [-0.15, -0.1) is 0 Å². The Labute approximate surface area is 122 Å². The second-order valence-electron chi connectivity index (χ2n) is 6.63. The summed E-state index contributed by atoms with van der Waals surface area (Å²) < 4.78 is 0. The van der Waals surface area contributed by atoms with E-state index < -0.39 is 0 Å². The summed E-state index contributed by atoms with van der Waals surface area (Å²) in [5, 5.41) is 10.4. The number of hydrogen-bond donors (Lipinski definition) is 1. The van der Waals surface area contributed by atoms with Crippen molar-refractivity contribution in [1.82, 2.24) is 0 Å². The largest absolute Gasteiger partial charge is 0.393 e. The summed E-state index contributed by atoms with van der Waals surface area (Å²) in [6, 6.07) is 9.41. The fourth-order valence-corrected chi connectivity index (χ4v) is 3.87. The lowest BCUT2D eigenvalue weighted by Gasteiger charge is -2.40. The minimum atomic E-state index is -0.0983. The van der Waals surface area contributed by atoms with Crippen molar-refractivity contribution in [1.29, 1.82) is 0 Å². The lowest BCUT2D eigenvalue weighted by Crippen LogP contribution is -2.43. The third-order valence-electron chi connectivity index (χ3n) is 5.21. The Morgan fingerprint density at radius 3 is 2.80 bits per heavy atom. The molecule has 1 N–H and O–H groups in total. The molecule has 20 heavy (non-hydrogen) atoms. The van der Waals surface area contributed by atoms with Crippen LogP contribution in [0, 0.1) is 5.92 Å². The smallest absolute Gasteiger partial charge is 0.0585 e. The predicted molar refractivity (Wildman–Crippen MR) is 84.2 cm³/mol. The molecule has 0 amide bonds. The number of benzene rings is 1. The quantitative estimate of drug-likeness (QED) is 0.829. The number of para-hydroxylation sites is 1. The fourth-order valence-electron chi connectivity index (χ4n) is 3.87. The molecule has 0 aromatic heterocycles. The van der Waals surface area contributed by atoms with Gasteiger partial charge in [-0.2, -0.15) is 0 Å². The Morgan fingerprint density at radius 1 is 1.10 bits per heavy atom. The Morgan fingerprint density at radius 2 is 1.90 bits per heavy atom. The summed E-state index contributed by atoms with van der Waals surface area (Å²) in [4.78, 5) is 2.55. The van der Waals surface area contributed by atoms with E-state index in [0.717, 1.165) is 13.0 Å². The molecule has 2 nitrogen and oxygen atoms in total. The van der Waals surface area contributed by atoms with E-state index in [1.165, 1.54) is 49.8 Å². The zero-order chi connectivity index (χ0) is 13.9. The summed E-state index contributed by atoms with van der Waals surface area (Å²) in [5.74, 6) is 0.450. The molecule has 1 aromatic rings. The summed E-state index contributed by atoms with van der Waals surface area (Å²) in [6.45, 7) is 3.36. The molecular formula is C18H27NO. The highest BCUT2D eigenvalue weighted by atomic mass is 16.3. The summed E-state index contributed by atoms with van der Waals surface area (Å²) in [6.07, 6.45) is 8.29. The van der Waals surface area contributed by atoms with Gasteiger partial charge in [-0.3, -0.25) is 0 Å². The zero-order valence-electron chi connectivity index (χ0n) is 12.6. The molecule has 1 aliphatic carbocycles. The fraction of sp³-hybridized carbons (Fsp3) is 0.667. The first-order chi connectivity index (χ1) is 9.75. The average molecular weight is 273 g/mol. The Kier molecular flexibility index (Phi) is 4.30. The molecule has 0 radical (unpaired) electrons. The highest BCUT2D eigenvalue weighted by Gasteiger charge is 2.28. The van der Waals surface area contributed by atoms with Gasteiger partial charge < -0.3 is 10.0 Å². The van der Waals surface area contributed by atoms with Gasteiger partial charge in [0.2, 0.25) is 0 Å². The number of hydrogen-bond acceptors (Lipinski definition) is 2. The maximum absolute atomic E-state index is 10.4. The van der Waals surface area contributed by atoms with E-state index in [0.29, 0.717) is 12.0 Å². The van der Waals surface area contributed by atoms with Crippen molar-refractivity contribution in [2.45, 2.75) is 64.0 Å². The van der Waals surface area contributed by atoms with E-state index in [4.69, 9.17) is 0 Å². The van der Waals surface area contributed by atoms with Crippen molar-refractivity contribution >= 4 is 5.69 Å². The molecule has 3 atom stereocenters. The zero-order valence-corrected chi connectivity index (χ0v) is 12.6. The molecule has 1 aromatic carbocycles. The van der Waals surface area contributed by atoms with Crippen molar-refractivity contribution in [2.24, 2.45) is 5.92 Å². The highest BCUT2D eigenvalue weighted by molar-refractivity contribution is 5.56. The van der Waals surface area contributed by atoms with Crippen LogP contribution in [-0.2, 0) is 6.42 Å². The van der Waals surface area contributed by atoms with Gasteiger partial charge >= 0.3 is 0 Å². The molecule has 1 saturated carbocycles. The highest BCUT2D eigenvalue weighted by Crippen LogP contribution is 2.33. The van der Waals surface area contributed by atoms with Gasteiger partial charge in [-0.25, -0.2) is 0 Å². The van der Waals surface area contributed by atoms with Crippen LogP contribution in [0.4, 0.5) is 5.69 Å². The summed E-state index contributed by atoms with van der Waals surface area (Å²) in [7, 11) is 0. The number of fused-ring (bicyclic) bond motifs is 1. The number of aliphatic hydroxyl groups is 1. The number of aryl methyl sites for hydroxylation is 1. The third-order valence-corrected chi connectivity index (χ3v) is 5.21. The lowest BCUT2D eigenvalue weighted by molar-refractivity contribution is 0.102. The predicted octanol–water partition coefficient (Wildman–Crippen LogP) is 3.77. The molecule has 0 spiro atoms. The van der Waals surface area contributed by atoms with E-state index in [1.807, 2.05) is 0 Å².